The van der Waals surface area contributed by atoms with Crippen LogP contribution in [0.2, 0.25) is 0 Å². The van der Waals surface area contributed by atoms with Crippen molar-refractivity contribution in [3.05, 3.63) is 70.4 Å². The van der Waals surface area contributed by atoms with Crippen molar-refractivity contribution in [3.8, 4) is 5.75 Å². The van der Waals surface area contributed by atoms with Gasteiger partial charge in [-0.3, -0.25) is 10.1 Å². The Morgan fingerprint density at radius 3 is 2.32 bits per heavy atom. The Kier molecular flexibility index (Phi) is 6.23. The Hall–Kier alpha value is -3.89. The second-order valence-corrected chi connectivity index (χ2v) is 6.34. The maximum absolute atomic E-state index is 13.5. The molecule has 162 valence electrons. The van der Waals surface area contributed by atoms with Crippen LogP contribution in [0.1, 0.15) is 12.5 Å². The second-order valence-electron chi connectivity index (χ2n) is 6.34. The fourth-order valence-corrected chi connectivity index (χ4v) is 2.69. The minimum absolute atomic E-state index is 0.0292. The number of hydrogen-bond acceptors (Lipinski definition) is 7. The average Bonchev–Trinajstić information content (AvgIpc) is 2.73. The summed E-state index contributed by atoms with van der Waals surface area (Å²) in [6.45, 7) is 2.37. The lowest BCUT2D eigenvalue weighted by molar-refractivity contribution is -0.384. The second kappa shape index (κ2) is 8.86. The first-order chi connectivity index (χ1) is 14.7. The van der Waals surface area contributed by atoms with Crippen molar-refractivity contribution in [1.29, 1.82) is 0 Å². The smallest absolute Gasteiger partial charge is 0.421 e. The van der Waals surface area contributed by atoms with E-state index in [1.807, 2.05) is 6.92 Å². The van der Waals surface area contributed by atoms with Crippen molar-refractivity contribution in [3.63, 3.8) is 0 Å². The van der Waals surface area contributed by atoms with Gasteiger partial charge in [0.25, 0.3) is 5.69 Å². The summed E-state index contributed by atoms with van der Waals surface area (Å²) in [5.74, 6) is 0.222. The maximum atomic E-state index is 13.5. The van der Waals surface area contributed by atoms with Gasteiger partial charge in [0, 0.05) is 36.8 Å². The lowest BCUT2D eigenvalue weighted by Crippen LogP contribution is -2.17. The summed E-state index contributed by atoms with van der Waals surface area (Å²) in [7, 11) is 1.62. The number of nitrogens with zero attached hydrogens (tertiary/aromatic N) is 4. The van der Waals surface area contributed by atoms with E-state index in [1.165, 1.54) is 29.2 Å². The molecule has 0 unspecified atom stereocenters. The van der Waals surface area contributed by atoms with E-state index in [0.717, 1.165) is 0 Å². The van der Waals surface area contributed by atoms with Gasteiger partial charge in [0.1, 0.15) is 17.1 Å². The molecule has 0 atom stereocenters. The summed E-state index contributed by atoms with van der Waals surface area (Å²) in [6, 6.07) is 11.9. The zero-order valence-electron chi connectivity index (χ0n) is 16.6. The van der Waals surface area contributed by atoms with Crippen LogP contribution in [0.15, 0.2) is 54.7 Å². The molecule has 0 aliphatic heterocycles. The van der Waals surface area contributed by atoms with Crippen molar-refractivity contribution < 1.29 is 22.8 Å². The highest BCUT2D eigenvalue weighted by atomic mass is 19.4. The number of rotatable bonds is 7. The van der Waals surface area contributed by atoms with Gasteiger partial charge in [-0.05, 0) is 43.3 Å². The first kappa shape index (κ1) is 21.8. The van der Waals surface area contributed by atoms with E-state index in [0.29, 0.717) is 24.2 Å². The van der Waals surface area contributed by atoms with E-state index >= 15 is 0 Å². The highest BCUT2D eigenvalue weighted by Crippen LogP contribution is 2.36. The van der Waals surface area contributed by atoms with E-state index in [1.54, 1.807) is 31.3 Å². The number of ether oxygens (including phenoxy) is 1. The molecule has 0 bridgehead atoms. The monoisotopic (exact) mass is 433 g/mol. The van der Waals surface area contributed by atoms with Gasteiger partial charge in [-0.15, -0.1) is 0 Å². The first-order valence-corrected chi connectivity index (χ1v) is 9.11. The van der Waals surface area contributed by atoms with E-state index in [4.69, 9.17) is 4.74 Å². The molecule has 11 heteroatoms. The lowest BCUT2D eigenvalue weighted by atomic mass is 10.2. The van der Waals surface area contributed by atoms with Gasteiger partial charge in [-0.1, -0.05) is 0 Å². The number of non-ortho nitro benzene ring substituents is 1. The van der Waals surface area contributed by atoms with Gasteiger partial charge >= 0.3 is 6.18 Å². The first-order valence-electron chi connectivity index (χ1n) is 9.11. The number of nitro groups is 1. The number of nitro benzene ring substituents is 1. The normalized spacial score (nSPS) is 11.1. The third kappa shape index (κ3) is 5.18. The highest BCUT2D eigenvalue weighted by molar-refractivity contribution is 5.64. The predicted molar refractivity (Wildman–Crippen MR) is 109 cm³/mol. The Morgan fingerprint density at radius 1 is 1.13 bits per heavy atom. The molecular formula is C20H18F3N5O3. The fourth-order valence-electron chi connectivity index (χ4n) is 2.69. The zero-order chi connectivity index (χ0) is 22.6. The number of anilines is 4. The summed E-state index contributed by atoms with van der Waals surface area (Å²) in [5.41, 5.74) is -0.385. The number of alkyl halides is 3. The molecule has 0 aliphatic rings. The van der Waals surface area contributed by atoms with E-state index in [-0.39, 0.29) is 17.3 Å². The largest absolute Gasteiger partial charge is 0.494 e. The molecule has 0 amide bonds. The van der Waals surface area contributed by atoms with Crippen LogP contribution >= 0.6 is 0 Å². The van der Waals surface area contributed by atoms with Crippen LogP contribution in [0, 0.1) is 10.1 Å². The van der Waals surface area contributed by atoms with Gasteiger partial charge in [0.15, 0.2) is 0 Å². The number of benzene rings is 2. The molecule has 2 aromatic carbocycles. The van der Waals surface area contributed by atoms with Gasteiger partial charge < -0.3 is 15.0 Å². The standard InChI is InChI=1S/C20H18F3N5O3/c1-3-31-16-10-8-14(9-11-16)27(2)19-24-12-17(20(21,22)23)18(26-19)25-13-4-6-15(7-5-13)28(29)30/h4-12H,3H2,1-2H3,(H,24,25,26). The summed E-state index contributed by atoms with van der Waals surface area (Å²) in [4.78, 5) is 19.6. The minimum atomic E-state index is -4.70. The van der Waals surface area contributed by atoms with Crippen molar-refractivity contribution >= 4 is 28.8 Å². The molecule has 0 fully saturated rings. The van der Waals surface area contributed by atoms with Crippen LogP contribution in [0.25, 0.3) is 0 Å². The minimum Gasteiger partial charge on any atom is -0.494 e. The molecule has 1 aromatic heterocycles. The van der Waals surface area contributed by atoms with Crippen molar-refractivity contribution in [2.75, 3.05) is 23.9 Å². The van der Waals surface area contributed by atoms with Crippen LogP contribution in [-0.4, -0.2) is 28.5 Å². The molecule has 0 spiro atoms. The molecule has 1 N–H and O–H groups in total. The number of hydrogen-bond donors (Lipinski definition) is 1. The Bertz CT molecular complexity index is 1060. The van der Waals surface area contributed by atoms with Crippen molar-refractivity contribution in [2.24, 2.45) is 0 Å². The van der Waals surface area contributed by atoms with Crippen LogP contribution in [0.5, 0.6) is 5.75 Å². The third-order valence-electron chi connectivity index (χ3n) is 4.26. The van der Waals surface area contributed by atoms with Crippen molar-refractivity contribution in [2.45, 2.75) is 13.1 Å². The van der Waals surface area contributed by atoms with Gasteiger partial charge in [0.05, 0.1) is 11.5 Å². The molecule has 0 aliphatic carbocycles. The summed E-state index contributed by atoms with van der Waals surface area (Å²) < 4.78 is 45.8. The average molecular weight is 433 g/mol. The van der Waals surface area contributed by atoms with Crippen LogP contribution in [-0.2, 0) is 6.18 Å². The van der Waals surface area contributed by atoms with Crippen LogP contribution in [0.4, 0.5) is 42.0 Å². The summed E-state index contributed by atoms with van der Waals surface area (Å²) >= 11 is 0. The molecule has 1 heterocycles. The quantitative estimate of drug-likeness (QED) is 0.398. The fraction of sp³-hybridized carbons (Fsp3) is 0.200. The lowest BCUT2D eigenvalue weighted by Gasteiger charge is -2.20. The topological polar surface area (TPSA) is 93.4 Å². The van der Waals surface area contributed by atoms with Gasteiger partial charge in [-0.2, -0.15) is 18.2 Å². The molecule has 31 heavy (non-hydrogen) atoms. The zero-order valence-corrected chi connectivity index (χ0v) is 16.6. The van der Waals surface area contributed by atoms with E-state index in [9.17, 15) is 23.3 Å². The molecule has 8 nitrogen and oxygen atoms in total. The highest BCUT2D eigenvalue weighted by Gasteiger charge is 2.35. The molecule has 0 saturated heterocycles. The molecule has 0 saturated carbocycles. The molecule has 0 radical (unpaired) electrons. The molecule has 3 rings (SSSR count). The third-order valence-corrected chi connectivity index (χ3v) is 4.26. The maximum Gasteiger partial charge on any atom is 0.421 e. The number of nitrogens with one attached hydrogen (secondary N) is 1. The molecule has 3 aromatic rings. The molecular weight excluding hydrogens is 415 g/mol. The number of aromatic nitrogens is 2. The van der Waals surface area contributed by atoms with E-state index in [2.05, 4.69) is 15.3 Å². The van der Waals surface area contributed by atoms with Crippen LogP contribution < -0.4 is 15.0 Å². The Labute approximate surface area is 175 Å². The summed E-state index contributed by atoms with van der Waals surface area (Å²) in [6.07, 6.45) is -4.00. The Morgan fingerprint density at radius 2 is 1.77 bits per heavy atom. The van der Waals surface area contributed by atoms with Crippen molar-refractivity contribution in [1.82, 2.24) is 9.97 Å². The van der Waals surface area contributed by atoms with Gasteiger partial charge in [0.2, 0.25) is 5.95 Å². The summed E-state index contributed by atoms with van der Waals surface area (Å²) in [5, 5.41) is 13.3. The van der Waals surface area contributed by atoms with Crippen LogP contribution in [0.3, 0.4) is 0 Å². The SMILES string of the molecule is CCOc1ccc(N(C)c2ncc(C(F)(F)F)c(Nc3ccc([N+](=O)[O-])cc3)n2)cc1. The van der Waals surface area contributed by atoms with Gasteiger partial charge in [-0.25, -0.2) is 4.98 Å². The van der Waals surface area contributed by atoms with E-state index < -0.39 is 22.5 Å². The predicted octanol–water partition coefficient (Wildman–Crippen LogP) is 5.31. The Balaban J connectivity index is 1.93. The number of halogens is 3.